The average Bonchev–Trinajstić information content (AvgIpc) is 2.98. The van der Waals surface area contributed by atoms with Gasteiger partial charge in [-0.3, -0.25) is 10.1 Å². The number of halogens is 3. The highest BCUT2D eigenvalue weighted by atomic mass is 35.5. The molecule has 1 aromatic heterocycles. The lowest BCUT2D eigenvalue weighted by molar-refractivity contribution is 0.102. The molecule has 0 bridgehead atoms. The number of aryl methyl sites for hydroxylation is 1. The lowest BCUT2D eigenvalue weighted by atomic mass is 10.1. The molecule has 130 valence electrons. The predicted octanol–water partition coefficient (Wildman–Crippen LogP) is 6.85. The van der Waals surface area contributed by atoms with Crippen LogP contribution < -0.4 is 5.32 Å². The van der Waals surface area contributed by atoms with Crippen LogP contribution in [0.25, 0.3) is 10.2 Å². The van der Waals surface area contributed by atoms with E-state index < -0.39 is 5.91 Å². The van der Waals surface area contributed by atoms with Crippen LogP contribution in [0.15, 0.2) is 30.3 Å². The first-order chi connectivity index (χ1) is 12.0. The Kier molecular flexibility index (Phi) is 5.85. The second-order valence-electron chi connectivity index (χ2n) is 5.60. The van der Waals surface area contributed by atoms with Crippen LogP contribution in [-0.2, 0) is 6.42 Å². The summed E-state index contributed by atoms with van der Waals surface area (Å²) in [7, 11) is 0. The van der Waals surface area contributed by atoms with Crippen LogP contribution in [0, 0.1) is 0 Å². The highest BCUT2D eigenvalue weighted by Crippen LogP contribution is 2.33. The number of nitrogens with zero attached hydrogens (tertiary/aromatic N) is 1. The summed E-state index contributed by atoms with van der Waals surface area (Å²) in [5.41, 5.74) is 2.28. The summed E-state index contributed by atoms with van der Waals surface area (Å²) in [6, 6.07) is 9.28. The number of hydrogen-bond donors (Lipinski definition) is 1. The van der Waals surface area contributed by atoms with Gasteiger partial charge in [0.1, 0.15) is 0 Å². The molecule has 1 amide bonds. The van der Waals surface area contributed by atoms with E-state index in [0.717, 1.165) is 29.5 Å². The minimum absolute atomic E-state index is 0.134. The molecule has 25 heavy (non-hydrogen) atoms. The van der Waals surface area contributed by atoms with Crippen molar-refractivity contribution >= 4 is 67.4 Å². The Balaban J connectivity index is 1.85. The number of benzene rings is 2. The molecule has 0 aliphatic rings. The van der Waals surface area contributed by atoms with Crippen LogP contribution in [0.5, 0.6) is 0 Å². The Hall–Kier alpha value is -1.33. The number of hydrogen-bond acceptors (Lipinski definition) is 3. The molecule has 0 spiro atoms. The SMILES string of the molecule is CCCCc1ccc2nc(NC(=O)c3c(Cl)ccc(Cl)c3Cl)sc2c1. The van der Waals surface area contributed by atoms with E-state index in [4.69, 9.17) is 34.8 Å². The molecule has 0 atom stereocenters. The normalized spacial score (nSPS) is 11.0. The smallest absolute Gasteiger partial charge is 0.260 e. The highest BCUT2D eigenvalue weighted by molar-refractivity contribution is 7.22. The molecular formula is C18H15Cl3N2OS. The first-order valence-electron chi connectivity index (χ1n) is 7.84. The molecule has 3 aromatic rings. The number of carbonyl (C=O) groups excluding carboxylic acids is 1. The molecule has 3 nitrogen and oxygen atoms in total. The Bertz CT molecular complexity index is 939. The lowest BCUT2D eigenvalue weighted by Gasteiger charge is -2.07. The van der Waals surface area contributed by atoms with Crippen molar-refractivity contribution in [3.63, 3.8) is 0 Å². The van der Waals surface area contributed by atoms with E-state index in [1.54, 1.807) is 12.1 Å². The van der Waals surface area contributed by atoms with Crippen LogP contribution in [-0.4, -0.2) is 10.9 Å². The van der Waals surface area contributed by atoms with Gasteiger partial charge in [0.25, 0.3) is 5.91 Å². The second kappa shape index (κ2) is 7.92. The zero-order valence-electron chi connectivity index (χ0n) is 13.4. The van der Waals surface area contributed by atoms with Gasteiger partial charge in [0.05, 0.1) is 30.8 Å². The van der Waals surface area contributed by atoms with E-state index in [0.29, 0.717) is 5.13 Å². The Morgan fingerprint density at radius 2 is 1.92 bits per heavy atom. The fourth-order valence-electron chi connectivity index (χ4n) is 2.45. The van der Waals surface area contributed by atoms with E-state index in [9.17, 15) is 4.79 Å². The number of thiazole rings is 1. The molecule has 0 saturated carbocycles. The molecule has 0 unspecified atom stereocenters. The Labute approximate surface area is 164 Å². The number of fused-ring (bicyclic) bond motifs is 1. The summed E-state index contributed by atoms with van der Waals surface area (Å²) >= 11 is 19.6. The summed E-state index contributed by atoms with van der Waals surface area (Å²) in [6.07, 6.45) is 3.35. The minimum atomic E-state index is -0.428. The van der Waals surface area contributed by atoms with E-state index in [2.05, 4.69) is 29.4 Å². The third-order valence-corrected chi connectivity index (χ3v) is 5.82. The largest absolute Gasteiger partial charge is 0.298 e. The fraction of sp³-hybridized carbons (Fsp3) is 0.222. The molecule has 0 fully saturated rings. The van der Waals surface area contributed by atoms with E-state index in [1.807, 2.05) is 6.07 Å². The maximum Gasteiger partial charge on any atom is 0.260 e. The average molecular weight is 414 g/mol. The number of nitrogens with one attached hydrogen (secondary N) is 1. The van der Waals surface area contributed by atoms with Crippen LogP contribution in [0.1, 0.15) is 35.7 Å². The number of carbonyl (C=O) groups is 1. The van der Waals surface area contributed by atoms with Gasteiger partial charge in [0.2, 0.25) is 0 Å². The molecule has 0 aliphatic carbocycles. The number of rotatable bonds is 5. The molecule has 0 saturated heterocycles. The molecule has 1 heterocycles. The van der Waals surface area contributed by atoms with Crippen molar-refractivity contribution < 1.29 is 4.79 Å². The van der Waals surface area contributed by atoms with Crippen molar-refractivity contribution in [1.29, 1.82) is 0 Å². The van der Waals surface area contributed by atoms with Crippen LogP contribution in [0.4, 0.5) is 5.13 Å². The maximum atomic E-state index is 12.5. The monoisotopic (exact) mass is 412 g/mol. The zero-order valence-corrected chi connectivity index (χ0v) is 16.5. The molecule has 2 aromatic carbocycles. The van der Waals surface area contributed by atoms with Crippen LogP contribution in [0.3, 0.4) is 0 Å². The van der Waals surface area contributed by atoms with Crippen molar-refractivity contribution in [3.05, 3.63) is 56.5 Å². The second-order valence-corrected chi connectivity index (χ2v) is 7.82. The number of unbranched alkanes of at least 4 members (excludes halogenated alkanes) is 1. The fourth-order valence-corrected chi connectivity index (χ4v) is 4.08. The summed E-state index contributed by atoms with van der Waals surface area (Å²) in [5.74, 6) is -0.428. The van der Waals surface area contributed by atoms with Gasteiger partial charge in [-0.25, -0.2) is 4.98 Å². The molecule has 7 heteroatoms. The van der Waals surface area contributed by atoms with E-state index >= 15 is 0 Å². The topological polar surface area (TPSA) is 42.0 Å². The zero-order chi connectivity index (χ0) is 18.0. The molecular weight excluding hydrogens is 399 g/mol. The quantitative estimate of drug-likeness (QED) is 0.465. The molecule has 0 aliphatic heterocycles. The van der Waals surface area contributed by atoms with Gasteiger partial charge in [-0.2, -0.15) is 0 Å². The van der Waals surface area contributed by atoms with Crippen molar-refractivity contribution in [1.82, 2.24) is 4.98 Å². The van der Waals surface area contributed by atoms with Gasteiger partial charge in [0.15, 0.2) is 5.13 Å². The summed E-state index contributed by atoms with van der Waals surface area (Å²) in [4.78, 5) is 17.0. The van der Waals surface area contributed by atoms with Crippen LogP contribution >= 0.6 is 46.1 Å². The molecule has 1 N–H and O–H groups in total. The summed E-state index contributed by atoms with van der Waals surface area (Å²) in [5, 5.41) is 3.92. The standard InChI is InChI=1S/C18H15Cl3N2OS/c1-2-3-4-10-5-8-13-14(9-10)25-18(22-13)23-17(24)15-11(19)6-7-12(20)16(15)21/h5-9H,2-4H2,1H3,(H,22,23,24). The van der Waals surface area contributed by atoms with Crippen molar-refractivity contribution in [3.8, 4) is 0 Å². The number of aromatic nitrogens is 1. The first-order valence-corrected chi connectivity index (χ1v) is 9.79. The van der Waals surface area contributed by atoms with Gasteiger partial charge in [-0.1, -0.05) is 65.6 Å². The van der Waals surface area contributed by atoms with Gasteiger partial charge in [-0.15, -0.1) is 0 Å². The Morgan fingerprint density at radius 1 is 1.16 bits per heavy atom. The van der Waals surface area contributed by atoms with Gasteiger partial charge < -0.3 is 0 Å². The van der Waals surface area contributed by atoms with E-state index in [-0.39, 0.29) is 20.6 Å². The molecule has 3 rings (SSSR count). The van der Waals surface area contributed by atoms with Crippen molar-refractivity contribution in [2.45, 2.75) is 26.2 Å². The van der Waals surface area contributed by atoms with Crippen molar-refractivity contribution in [2.24, 2.45) is 0 Å². The molecule has 0 radical (unpaired) electrons. The van der Waals surface area contributed by atoms with E-state index in [1.165, 1.54) is 16.9 Å². The summed E-state index contributed by atoms with van der Waals surface area (Å²) < 4.78 is 1.03. The lowest BCUT2D eigenvalue weighted by Crippen LogP contribution is -2.13. The van der Waals surface area contributed by atoms with Gasteiger partial charge in [0, 0.05) is 0 Å². The van der Waals surface area contributed by atoms with Gasteiger partial charge in [-0.05, 0) is 42.7 Å². The minimum Gasteiger partial charge on any atom is -0.298 e. The predicted molar refractivity (Wildman–Crippen MR) is 108 cm³/mol. The van der Waals surface area contributed by atoms with Gasteiger partial charge >= 0.3 is 0 Å². The third-order valence-electron chi connectivity index (χ3n) is 3.76. The van der Waals surface area contributed by atoms with Crippen LogP contribution in [0.2, 0.25) is 15.1 Å². The number of amides is 1. The maximum absolute atomic E-state index is 12.5. The number of anilines is 1. The first kappa shape index (κ1) is 18.5. The van der Waals surface area contributed by atoms with Crippen molar-refractivity contribution in [2.75, 3.05) is 5.32 Å². The Morgan fingerprint density at radius 3 is 2.68 bits per heavy atom. The third kappa shape index (κ3) is 4.09. The highest BCUT2D eigenvalue weighted by Gasteiger charge is 2.18. The summed E-state index contributed by atoms with van der Waals surface area (Å²) in [6.45, 7) is 2.17.